The molecule has 0 aliphatic rings. The third-order valence-electron chi connectivity index (χ3n) is 4.06. The summed E-state index contributed by atoms with van der Waals surface area (Å²) in [5.74, 6) is 0.855. The lowest BCUT2D eigenvalue weighted by Crippen LogP contribution is -2.23. The summed E-state index contributed by atoms with van der Waals surface area (Å²) in [6.45, 7) is 2.16. The van der Waals surface area contributed by atoms with Gasteiger partial charge in [-0.2, -0.15) is 0 Å². The zero-order valence-electron chi connectivity index (χ0n) is 13.3. The van der Waals surface area contributed by atoms with Crippen molar-refractivity contribution in [2.45, 2.75) is 13.0 Å². The molecule has 0 saturated heterocycles. The zero-order valence-corrected chi connectivity index (χ0v) is 13.3. The van der Waals surface area contributed by atoms with Crippen LogP contribution in [-0.2, 0) is 0 Å². The smallest absolute Gasteiger partial charge is 0.155 e. The summed E-state index contributed by atoms with van der Waals surface area (Å²) < 4.78 is 0. The van der Waals surface area contributed by atoms with E-state index in [-0.39, 0.29) is 6.04 Å². The fraction of sp³-hybridized carbons (Fsp3) is 0.158. The first kappa shape index (κ1) is 15.0. The molecule has 1 unspecified atom stereocenters. The van der Waals surface area contributed by atoms with Crippen LogP contribution in [0.4, 0.5) is 11.5 Å². The summed E-state index contributed by atoms with van der Waals surface area (Å²) >= 11 is 0. The molecule has 0 aliphatic carbocycles. The van der Waals surface area contributed by atoms with E-state index in [2.05, 4.69) is 46.1 Å². The molecule has 0 fully saturated rings. The van der Waals surface area contributed by atoms with Crippen LogP contribution in [0.25, 0.3) is 11.3 Å². The molecule has 2 aromatic carbocycles. The van der Waals surface area contributed by atoms with Gasteiger partial charge in [-0.25, -0.2) is 4.98 Å². The fourth-order valence-electron chi connectivity index (χ4n) is 2.57. The first-order valence-electron chi connectivity index (χ1n) is 7.61. The van der Waals surface area contributed by atoms with Gasteiger partial charge in [-0.3, -0.25) is 4.98 Å². The van der Waals surface area contributed by atoms with Crippen LogP contribution >= 0.6 is 0 Å². The molecule has 0 radical (unpaired) electrons. The number of hydrogen-bond donors (Lipinski definition) is 1. The van der Waals surface area contributed by atoms with Crippen LogP contribution in [0.2, 0.25) is 0 Å². The van der Waals surface area contributed by atoms with Crippen molar-refractivity contribution in [2.24, 2.45) is 0 Å². The van der Waals surface area contributed by atoms with Gasteiger partial charge in [0, 0.05) is 30.7 Å². The van der Waals surface area contributed by atoms with E-state index in [4.69, 9.17) is 5.73 Å². The second-order valence-corrected chi connectivity index (χ2v) is 5.55. The molecule has 1 atom stereocenters. The van der Waals surface area contributed by atoms with Crippen molar-refractivity contribution in [3.63, 3.8) is 0 Å². The number of benzene rings is 2. The first-order valence-corrected chi connectivity index (χ1v) is 7.61. The lowest BCUT2D eigenvalue weighted by atomic mass is 10.1. The number of aromatic nitrogens is 2. The molecular formula is C19H20N4. The largest absolute Gasteiger partial charge is 0.399 e. The molecule has 1 heterocycles. The Labute approximate surface area is 136 Å². The van der Waals surface area contributed by atoms with Crippen molar-refractivity contribution in [3.8, 4) is 11.3 Å². The Morgan fingerprint density at radius 3 is 2.26 bits per heavy atom. The highest BCUT2D eigenvalue weighted by Crippen LogP contribution is 2.31. The average Bonchev–Trinajstić information content (AvgIpc) is 2.62. The monoisotopic (exact) mass is 304 g/mol. The fourth-order valence-corrected chi connectivity index (χ4v) is 2.57. The second kappa shape index (κ2) is 6.48. The molecule has 3 aromatic rings. The molecule has 3 rings (SSSR count). The van der Waals surface area contributed by atoms with Crippen molar-refractivity contribution in [1.82, 2.24) is 9.97 Å². The Bertz CT molecular complexity index is 769. The molecule has 4 nitrogen and oxygen atoms in total. The Hall–Kier alpha value is -2.88. The minimum absolute atomic E-state index is 0.195. The van der Waals surface area contributed by atoms with Crippen LogP contribution in [0.1, 0.15) is 18.5 Å². The molecule has 1 aromatic heterocycles. The average molecular weight is 304 g/mol. The van der Waals surface area contributed by atoms with Crippen molar-refractivity contribution >= 4 is 11.5 Å². The van der Waals surface area contributed by atoms with E-state index >= 15 is 0 Å². The SMILES string of the molecule is CC(c1ccccc1)N(C)c1nccnc1-c1ccc(N)cc1. The van der Waals surface area contributed by atoms with Gasteiger partial charge < -0.3 is 10.6 Å². The van der Waals surface area contributed by atoms with Crippen LogP contribution in [0.15, 0.2) is 67.0 Å². The summed E-state index contributed by atoms with van der Waals surface area (Å²) in [5.41, 5.74) is 9.63. The number of rotatable bonds is 4. The topological polar surface area (TPSA) is 55.0 Å². The highest BCUT2D eigenvalue weighted by molar-refractivity contribution is 5.73. The number of nitrogen functional groups attached to an aromatic ring is 1. The molecule has 0 spiro atoms. The highest BCUT2D eigenvalue weighted by Gasteiger charge is 2.18. The predicted octanol–water partition coefficient (Wildman–Crippen LogP) is 3.92. The van der Waals surface area contributed by atoms with E-state index in [1.54, 1.807) is 12.4 Å². The molecule has 116 valence electrons. The van der Waals surface area contributed by atoms with Crippen LogP contribution in [0.5, 0.6) is 0 Å². The van der Waals surface area contributed by atoms with Gasteiger partial charge in [-0.15, -0.1) is 0 Å². The van der Waals surface area contributed by atoms with Gasteiger partial charge in [0.2, 0.25) is 0 Å². The van der Waals surface area contributed by atoms with E-state index in [1.807, 2.05) is 37.4 Å². The van der Waals surface area contributed by atoms with E-state index in [1.165, 1.54) is 5.56 Å². The van der Waals surface area contributed by atoms with Crippen molar-refractivity contribution in [3.05, 3.63) is 72.6 Å². The zero-order chi connectivity index (χ0) is 16.2. The number of nitrogens with zero attached hydrogens (tertiary/aromatic N) is 3. The maximum atomic E-state index is 5.78. The molecule has 0 amide bonds. The normalized spacial score (nSPS) is 11.9. The lowest BCUT2D eigenvalue weighted by molar-refractivity contribution is 0.727. The predicted molar refractivity (Wildman–Crippen MR) is 95.1 cm³/mol. The van der Waals surface area contributed by atoms with Gasteiger partial charge in [0.25, 0.3) is 0 Å². The summed E-state index contributed by atoms with van der Waals surface area (Å²) in [5, 5.41) is 0. The van der Waals surface area contributed by atoms with Crippen molar-refractivity contribution in [2.75, 3.05) is 17.7 Å². The summed E-state index contributed by atoms with van der Waals surface area (Å²) in [4.78, 5) is 11.2. The second-order valence-electron chi connectivity index (χ2n) is 5.55. The quantitative estimate of drug-likeness (QED) is 0.742. The summed E-state index contributed by atoms with van der Waals surface area (Å²) in [6.07, 6.45) is 3.45. The minimum Gasteiger partial charge on any atom is -0.399 e. The third kappa shape index (κ3) is 3.16. The standard InChI is InChI=1S/C19H20N4/c1-14(15-6-4-3-5-7-15)23(2)19-18(21-12-13-22-19)16-8-10-17(20)11-9-16/h3-14H,20H2,1-2H3. The van der Waals surface area contributed by atoms with Crippen molar-refractivity contribution in [1.29, 1.82) is 0 Å². The minimum atomic E-state index is 0.195. The molecule has 0 aliphatic heterocycles. The van der Waals surface area contributed by atoms with E-state index in [9.17, 15) is 0 Å². The number of anilines is 2. The van der Waals surface area contributed by atoms with Gasteiger partial charge in [-0.05, 0) is 24.6 Å². The molecular weight excluding hydrogens is 284 g/mol. The Balaban J connectivity index is 1.98. The summed E-state index contributed by atoms with van der Waals surface area (Å²) in [7, 11) is 2.04. The van der Waals surface area contributed by atoms with Gasteiger partial charge in [0.15, 0.2) is 5.82 Å². The number of nitrogens with two attached hydrogens (primary N) is 1. The Kier molecular flexibility index (Phi) is 4.24. The van der Waals surface area contributed by atoms with Crippen LogP contribution in [0, 0.1) is 0 Å². The van der Waals surface area contributed by atoms with Crippen LogP contribution in [-0.4, -0.2) is 17.0 Å². The van der Waals surface area contributed by atoms with E-state index < -0.39 is 0 Å². The Morgan fingerprint density at radius 2 is 1.57 bits per heavy atom. The lowest BCUT2D eigenvalue weighted by Gasteiger charge is -2.27. The van der Waals surface area contributed by atoms with Gasteiger partial charge in [-0.1, -0.05) is 42.5 Å². The Morgan fingerprint density at radius 1 is 0.913 bits per heavy atom. The highest BCUT2D eigenvalue weighted by atomic mass is 15.2. The van der Waals surface area contributed by atoms with Gasteiger partial charge >= 0.3 is 0 Å². The summed E-state index contributed by atoms with van der Waals surface area (Å²) in [6, 6.07) is 18.3. The molecule has 2 N–H and O–H groups in total. The van der Waals surface area contributed by atoms with E-state index in [0.29, 0.717) is 0 Å². The van der Waals surface area contributed by atoms with Crippen LogP contribution in [0.3, 0.4) is 0 Å². The van der Waals surface area contributed by atoms with Crippen LogP contribution < -0.4 is 10.6 Å². The molecule has 0 bridgehead atoms. The number of hydrogen-bond acceptors (Lipinski definition) is 4. The maximum Gasteiger partial charge on any atom is 0.155 e. The first-order chi connectivity index (χ1) is 11.2. The molecule has 4 heteroatoms. The molecule has 0 saturated carbocycles. The van der Waals surface area contributed by atoms with Crippen molar-refractivity contribution < 1.29 is 0 Å². The van der Waals surface area contributed by atoms with Gasteiger partial charge in [0.05, 0.1) is 6.04 Å². The maximum absolute atomic E-state index is 5.78. The third-order valence-corrected chi connectivity index (χ3v) is 4.06. The molecule has 23 heavy (non-hydrogen) atoms. The van der Waals surface area contributed by atoms with Gasteiger partial charge in [0.1, 0.15) is 5.69 Å². The van der Waals surface area contributed by atoms with E-state index in [0.717, 1.165) is 22.8 Å².